The van der Waals surface area contributed by atoms with Crippen molar-refractivity contribution >= 4 is 5.57 Å². The Morgan fingerprint density at radius 3 is 2.60 bits per heavy atom. The Labute approximate surface area is 87.1 Å². The van der Waals surface area contributed by atoms with Crippen molar-refractivity contribution in [1.82, 2.24) is 0 Å². The fourth-order valence-corrected chi connectivity index (χ4v) is 1.91. The molecule has 80 valence electrons. The zero-order chi connectivity index (χ0) is 10.8. The van der Waals surface area contributed by atoms with Crippen LogP contribution in [0.4, 0.5) is 8.78 Å². The van der Waals surface area contributed by atoms with Crippen LogP contribution in [0, 0.1) is 11.6 Å². The minimum Gasteiger partial charge on any atom is -0.507 e. The molecule has 2 rings (SSSR count). The van der Waals surface area contributed by atoms with E-state index < -0.39 is 11.6 Å². The molecule has 0 bridgehead atoms. The molecule has 3 heteroatoms. The molecule has 0 heterocycles. The first kappa shape index (κ1) is 10.1. The SMILES string of the molecule is Oc1ccc(F)c(F)c1C1=CCCCC1. The summed E-state index contributed by atoms with van der Waals surface area (Å²) in [5.41, 5.74) is 0.755. The van der Waals surface area contributed by atoms with E-state index in [1.54, 1.807) is 0 Å². The molecule has 1 nitrogen and oxygen atoms in total. The maximum atomic E-state index is 13.5. The fourth-order valence-electron chi connectivity index (χ4n) is 1.91. The molecular weight excluding hydrogens is 198 g/mol. The maximum Gasteiger partial charge on any atom is 0.170 e. The Hall–Kier alpha value is -1.38. The average molecular weight is 210 g/mol. The minimum atomic E-state index is -0.942. The Morgan fingerprint density at radius 1 is 1.13 bits per heavy atom. The van der Waals surface area contributed by atoms with Gasteiger partial charge in [-0.2, -0.15) is 0 Å². The number of phenols is 1. The van der Waals surface area contributed by atoms with E-state index in [-0.39, 0.29) is 11.3 Å². The Balaban J connectivity index is 2.50. The maximum absolute atomic E-state index is 13.5. The number of hydrogen-bond donors (Lipinski definition) is 1. The van der Waals surface area contributed by atoms with Gasteiger partial charge in [-0.15, -0.1) is 0 Å². The second-order valence-corrected chi connectivity index (χ2v) is 3.73. The number of rotatable bonds is 1. The molecule has 1 aromatic rings. The zero-order valence-electron chi connectivity index (χ0n) is 8.26. The molecule has 0 radical (unpaired) electrons. The van der Waals surface area contributed by atoms with E-state index in [0.717, 1.165) is 30.9 Å². The molecule has 0 aliphatic heterocycles. The number of halogens is 2. The molecular formula is C12H12F2O. The molecule has 15 heavy (non-hydrogen) atoms. The van der Waals surface area contributed by atoms with Crippen LogP contribution < -0.4 is 0 Å². The molecule has 1 N–H and O–H groups in total. The monoisotopic (exact) mass is 210 g/mol. The van der Waals surface area contributed by atoms with Gasteiger partial charge in [-0.25, -0.2) is 8.78 Å². The van der Waals surface area contributed by atoms with Gasteiger partial charge in [0.15, 0.2) is 11.6 Å². The van der Waals surface area contributed by atoms with E-state index in [0.29, 0.717) is 6.42 Å². The van der Waals surface area contributed by atoms with Gasteiger partial charge >= 0.3 is 0 Å². The predicted molar refractivity (Wildman–Crippen MR) is 54.5 cm³/mol. The highest BCUT2D eigenvalue weighted by atomic mass is 19.2. The zero-order valence-corrected chi connectivity index (χ0v) is 8.26. The van der Waals surface area contributed by atoms with Crippen LogP contribution in [0.15, 0.2) is 18.2 Å². The van der Waals surface area contributed by atoms with Crippen molar-refractivity contribution in [3.05, 3.63) is 35.4 Å². The largest absolute Gasteiger partial charge is 0.507 e. The van der Waals surface area contributed by atoms with Gasteiger partial charge < -0.3 is 5.11 Å². The number of benzene rings is 1. The lowest BCUT2D eigenvalue weighted by Crippen LogP contribution is -1.98. The van der Waals surface area contributed by atoms with Crippen LogP contribution in [0.1, 0.15) is 31.2 Å². The molecule has 1 aliphatic carbocycles. The van der Waals surface area contributed by atoms with Crippen LogP contribution in [0.2, 0.25) is 0 Å². The van der Waals surface area contributed by atoms with Crippen molar-refractivity contribution in [2.24, 2.45) is 0 Å². The summed E-state index contributed by atoms with van der Waals surface area (Å²) in [6.45, 7) is 0. The fraction of sp³-hybridized carbons (Fsp3) is 0.333. The Morgan fingerprint density at radius 2 is 1.93 bits per heavy atom. The van der Waals surface area contributed by atoms with E-state index >= 15 is 0 Å². The lowest BCUT2D eigenvalue weighted by atomic mass is 9.93. The van der Waals surface area contributed by atoms with E-state index in [2.05, 4.69) is 0 Å². The van der Waals surface area contributed by atoms with Gasteiger partial charge in [0.05, 0.1) is 5.56 Å². The quantitative estimate of drug-likeness (QED) is 0.750. The molecule has 0 aromatic heterocycles. The van der Waals surface area contributed by atoms with Gasteiger partial charge in [-0.1, -0.05) is 6.08 Å². The van der Waals surface area contributed by atoms with Crippen molar-refractivity contribution < 1.29 is 13.9 Å². The normalized spacial score (nSPS) is 16.3. The Bertz CT molecular complexity index is 410. The van der Waals surface area contributed by atoms with Crippen molar-refractivity contribution in [3.8, 4) is 5.75 Å². The number of phenolic OH excluding ortho intramolecular Hbond substituents is 1. The molecule has 0 unspecified atom stereocenters. The third-order valence-electron chi connectivity index (χ3n) is 2.68. The second-order valence-electron chi connectivity index (χ2n) is 3.73. The first-order valence-electron chi connectivity index (χ1n) is 5.06. The topological polar surface area (TPSA) is 20.2 Å². The molecule has 0 atom stereocenters. The molecule has 0 saturated heterocycles. The highest BCUT2D eigenvalue weighted by molar-refractivity contribution is 5.71. The summed E-state index contributed by atoms with van der Waals surface area (Å²) in [5.74, 6) is -2.03. The van der Waals surface area contributed by atoms with Gasteiger partial charge in [0.1, 0.15) is 5.75 Å². The standard InChI is InChI=1S/C12H12F2O/c13-9-6-7-10(15)11(12(9)14)8-4-2-1-3-5-8/h4,6-7,15H,1-3,5H2. The van der Waals surface area contributed by atoms with Gasteiger partial charge in [-0.05, 0) is 43.4 Å². The van der Waals surface area contributed by atoms with Crippen LogP contribution in [0.5, 0.6) is 5.75 Å². The molecule has 1 aromatic carbocycles. The van der Waals surface area contributed by atoms with Crippen LogP contribution in [-0.4, -0.2) is 5.11 Å². The summed E-state index contributed by atoms with van der Waals surface area (Å²) in [6, 6.07) is 2.14. The third-order valence-corrected chi connectivity index (χ3v) is 2.68. The van der Waals surface area contributed by atoms with Crippen molar-refractivity contribution in [2.75, 3.05) is 0 Å². The second kappa shape index (κ2) is 4.01. The summed E-state index contributed by atoms with van der Waals surface area (Å²) in [5, 5.41) is 9.52. The third kappa shape index (κ3) is 1.87. The van der Waals surface area contributed by atoms with Gasteiger partial charge in [0.2, 0.25) is 0 Å². The first-order chi connectivity index (χ1) is 7.20. The summed E-state index contributed by atoms with van der Waals surface area (Å²) in [4.78, 5) is 0. The van der Waals surface area contributed by atoms with Gasteiger partial charge in [0.25, 0.3) is 0 Å². The highest BCUT2D eigenvalue weighted by Gasteiger charge is 2.18. The van der Waals surface area contributed by atoms with Crippen LogP contribution in [0.3, 0.4) is 0 Å². The number of allylic oxidation sites excluding steroid dienone is 2. The summed E-state index contributed by atoms with van der Waals surface area (Å²) < 4.78 is 26.5. The first-order valence-corrected chi connectivity index (χ1v) is 5.06. The highest BCUT2D eigenvalue weighted by Crippen LogP contribution is 2.34. The molecule has 1 aliphatic rings. The van der Waals surface area contributed by atoms with Crippen LogP contribution >= 0.6 is 0 Å². The molecule has 0 amide bonds. The lowest BCUT2D eigenvalue weighted by Gasteiger charge is -2.14. The molecule has 0 fully saturated rings. The van der Waals surface area contributed by atoms with E-state index in [1.165, 1.54) is 6.07 Å². The van der Waals surface area contributed by atoms with Crippen molar-refractivity contribution in [1.29, 1.82) is 0 Å². The van der Waals surface area contributed by atoms with Gasteiger partial charge in [0, 0.05) is 0 Å². The van der Waals surface area contributed by atoms with E-state index in [1.807, 2.05) is 6.08 Å². The van der Waals surface area contributed by atoms with Crippen molar-refractivity contribution in [3.63, 3.8) is 0 Å². The molecule has 0 saturated carbocycles. The Kier molecular flexibility index (Phi) is 2.71. The number of hydrogen-bond acceptors (Lipinski definition) is 1. The van der Waals surface area contributed by atoms with Crippen LogP contribution in [-0.2, 0) is 0 Å². The lowest BCUT2D eigenvalue weighted by molar-refractivity contribution is 0.450. The summed E-state index contributed by atoms with van der Waals surface area (Å²) in [6.07, 6.45) is 5.47. The molecule has 0 spiro atoms. The summed E-state index contributed by atoms with van der Waals surface area (Å²) >= 11 is 0. The minimum absolute atomic E-state index is 0.0368. The van der Waals surface area contributed by atoms with Gasteiger partial charge in [-0.3, -0.25) is 0 Å². The number of aromatic hydroxyl groups is 1. The predicted octanol–water partition coefficient (Wildman–Crippen LogP) is 3.63. The van der Waals surface area contributed by atoms with Crippen molar-refractivity contribution in [2.45, 2.75) is 25.7 Å². The smallest absolute Gasteiger partial charge is 0.170 e. The van der Waals surface area contributed by atoms with E-state index in [9.17, 15) is 13.9 Å². The van der Waals surface area contributed by atoms with Crippen LogP contribution in [0.25, 0.3) is 5.57 Å². The average Bonchev–Trinajstić information content (AvgIpc) is 2.26. The summed E-state index contributed by atoms with van der Waals surface area (Å²) in [7, 11) is 0. The van der Waals surface area contributed by atoms with E-state index in [4.69, 9.17) is 0 Å².